The lowest BCUT2D eigenvalue weighted by atomic mass is 10.1. The molecule has 170 valence electrons. The summed E-state index contributed by atoms with van der Waals surface area (Å²) in [5.74, 6) is 0.265. The fraction of sp³-hybridized carbons (Fsp3) is 0.217. The highest BCUT2D eigenvalue weighted by Crippen LogP contribution is 2.29. The van der Waals surface area contributed by atoms with Gasteiger partial charge in [0.2, 0.25) is 10.0 Å². The molecule has 1 amide bonds. The van der Waals surface area contributed by atoms with Gasteiger partial charge >= 0.3 is 0 Å². The van der Waals surface area contributed by atoms with E-state index in [9.17, 15) is 13.2 Å². The summed E-state index contributed by atoms with van der Waals surface area (Å²) in [5, 5.41) is 2.89. The van der Waals surface area contributed by atoms with Gasteiger partial charge in [0.25, 0.3) is 5.91 Å². The Kier molecular flexibility index (Phi) is 6.36. The average molecular weight is 465 g/mol. The minimum Gasteiger partial charge on any atom is -0.352 e. The Balaban J connectivity index is 1.73. The zero-order valence-electron chi connectivity index (χ0n) is 18.3. The molecule has 2 N–H and O–H groups in total. The summed E-state index contributed by atoms with van der Waals surface area (Å²) in [4.78, 5) is 26.1. The van der Waals surface area contributed by atoms with Crippen LogP contribution in [-0.2, 0) is 23.5 Å². The highest BCUT2D eigenvalue weighted by molar-refractivity contribution is 7.92. The molecular formula is C23H24N6O3S. The Morgan fingerprint density at radius 3 is 2.61 bits per heavy atom. The number of sulfonamides is 1. The molecule has 2 heterocycles. The summed E-state index contributed by atoms with van der Waals surface area (Å²) in [7, 11) is -1.69. The van der Waals surface area contributed by atoms with Crippen LogP contribution in [-0.4, -0.2) is 46.1 Å². The van der Waals surface area contributed by atoms with Crippen molar-refractivity contribution < 1.29 is 13.2 Å². The predicted molar refractivity (Wildman–Crippen MR) is 127 cm³/mol. The standard InChI is InChI=1S/C23H24N6O3S/c1-3-33(31,32)28-18-13-19(23(30)26-10-9-17-15-24-11-12-25-17)21-20(14-18)27-22(29(21)2)16-7-5-4-6-8-16/h4-8,11-15,28H,3,9-10H2,1-2H3,(H,26,30). The highest BCUT2D eigenvalue weighted by atomic mass is 32.2. The van der Waals surface area contributed by atoms with Crippen LogP contribution in [0.5, 0.6) is 0 Å². The quantitative estimate of drug-likeness (QED) is 0.414. The second-order valence-electron chi connectivity index (χ2n) is 7.46. The second-order valence-corrected chi connectivity index (χ2v) is 9.47. The number of carbonyl (C=O) groups is 1. The van der Waals surface area contributed by atoms with Crippen molar-refractivity contribution >= 4 is 32.7 Å². The van der Waals surface area contributed by atoms with Gasteiger partial charge in [-0.1, -0.05) is 30.3 Å². The molecule has 0 aliphatic rings. The number of hydrogen-bond acceptors (Lipinski definition) is 6. The van der Waals surface area contributed by atoms with Crippen LogP contribution in [0.1, 0.15) is 23.0 Å². The van der Waals surface area contributed by atoms with Crippen molar-refractivity contribution in [2.45, 2.75) is 13.3 Å². The van der Waals surface area contributed by atoms with Gasteiger partial charge < -0.3 is 9.88 Å². The van der Waals surface area contributed by atoms with Crippen LogP contribution in [0.25, 0.3) is 22.4 Å². The number of nitrogens with one attached hydrogen (secondary N) is 2. The molecule has 0 aliphatic carbocycles. The summed E-state index contributed by atoms with van der Waals surface area (Å²) in [6.07, 6.45) is 5.36. The molecule has 0 bridgehead atoms. The fourth-order valence-electron chi connectivity index (χ4n) is 3.54. The number of aromatic nitrogens is 4. The van der Waals surface area contributed by atoms with Gasteiger partial charge in [0.1, 0.15) is 5.82 Å². The molecule has 10 heteroatoms. The Bertz CT molecular complexity index is 1390. The first-order valence-corrected chi connectivity index (χ1v) is 12.1. The van der Waals surface area contributed by atoms with E-state index in [1.165, 1.54) is 0 Å². The smallest absolute Gasteiger partial charge is 0.253 e. The van der Waals surface area contributed by atoms with E-state index in [0.717, 1.165) is 11.3 Å². The second kappa shape index (κ2) is 9.37. The van der Waals surface area contributed by atoms with E-state index in [2.05, 4.69) is 20.0 Å². The van der Waals surface area contributed by atoms with E-state index < -0.39 is 10.0 Å². The first kappa shape index (κ1) is 22.4. The number of aryl methyl sites for hydroxylation is 1. The van der Waals surface area contributed by atoms with Crippen molar-refractivity contribution in [2.24, 2.45) is 7.05 Å². The maximum Gasteiger partial charge on any atom is 0.253 e. The van der Waals surface area contributed by atoms with Gasteiger partial charge in [-0.25, -0.2) is 13.4 Å². The number of fused-ring (bicyclic) bond motifs is 1. The largest absolute Gasteiger partial charge is 0.352 e. The fourth-order valence-corrected chi connectivity index (χ4v) is 4.16. The average Bonchev–Trinajstić information content (AvgIpc) is 3.15. The van der Waals surface area contributed by atoms with Gasteiger partial charge in [-0.15, -0.1) is 0 Å². The topological polar surface area (TPSA) is 119 Å². The molecule has 0 saturated carbocycles. The van der Waals surface area contributed by atoms with Gasteiger partial charge in [0, 0.05) is 44.2 Å². The molecule has 4 aromatic rings. The molecule has 9 nitrogen and oxygen atoms in total. The third-order valence-electron chi connectivity index (χ3n) is 5.18. The number of rotatable bonds is 8. The maximum atomic E-state index is 13.2. The Morgan fingerprint density at radius 1 is 1.12 bits per heavy atom. The number of imidazole rings is 1. The van der Waals surface area contributed by atoms with Crippen molar-refractivity contribution in [2.75, 3.05) is 17.0 Å². The number of benzene rings is 2. The summed E-state index contributed by atoms with van der Waals surface area (Å²) in [6.45, 7) is 1.91. The van der Waals surface area contributed by atoms with Crippen LogP contribution in [0.4, 0.5) is 5.69 Å². The highest BCUT2D eigenvalue weighted by Gasteiger charge is 2.20. The lowest BCUT2D eigenvalue weighted by molar-refractivity contribution is 0.0955. The van der Waals surface area contributed by atoms with Crippen LogP contribution in [0.15, 0.2) is 61.1 Å². The summed E-state index contributed by atoms with van der Waals surface area (Å²) < 4.78 is 28.7. The van der Waals surface area contributed by atoms with Crippen LogP contribution >= 0.6 is 0 Å². The molecule has 4 rings (SSSR count). The maximum absolute atomic E-state index is 13.2. The number of amides is 1. The summed E-state index contributed by atoms with van der Waals surface area (Å²) in [5.41, 5.74) is 3.41. The monoisotopic (exact) mass is 464 g/mol. The molecular weight excluding hydrogens is 440 g/mol. The van der Waals surface area contributed by atoms with Crippen LogP contribution < -0.4 is 10.0 Å². The van der Waals surface area contributed by atoms with Crippen LogP contribution in [0, 0.1) is 0 Å². The first-order chi connectivity index (χ1) is 15.9. The minimum absolute atomic E-state index is 0.0812. The normalized spacial score (nSPS) is 11.5. The molecule has 0 spiro atoms. The van der Waals surface area contributed by atoms with Gasteiger partial charge in [-0.3, -0.25) is 19.5 Å². The zero-order valence-corrected chi connectivity index (χ0v) is 19.1. The summed E-state index contributed by atoms with van der Waals surface area (Å²) >= 11 is 0. The number of nitrogens with zero attached hydrogens (tertiary/aromatic N) is 4. The number of anilines is 1. The Hall–Kier alpha value is -3.79. The van der Waals surface area contributed by atoms with Crippen LogP contribution in [0.3, 0.4) is 0 Å². The van der Waals surface area contributed by atoms with Gasteiger partial charge in [-0.05, 0) is 19.1 Å². The van der Waals surface area contributed by atoms with Crippen LogP contribution in [0.2, 0.25) is 0 Å². The van der Waals surface area contributed by atoms with Gasteiger partial charge in [0.05, 0.1) is 33.7 Å². The van der Waals surface area contributed by atoms with E-state index in [1.807, 2.05) is 41.9 Å². The SMILES string of the molecule is CCS(=O)(=O)Nc1cc(C(=O)NCCc2cnccn2)c2c(c1)nc(-c1ccccc1)n2C. The zero-order chi connectivity index (χ0) is 23.4. The van der Waals surface area contributed by atoms with Gasteiger partial charge in [-0.2, -0.15) is 0 Å². The van der Waals surface area contributed by atoms with Crippen molar-refractivity contribution in [3.8, 4) is 11.4 Å². The minimum atomic E-state index is -3.52. The van der Waals surface area contributed by atoms with E-state index in [4.69, 9.17) is 4.98 Å². The van der Waals surface area contributed by atoms with E-state index in [0.29, 0.717) is 41.1 Å². The lowest BCUT2D eigenvalue weighted by Gasteiger charge is -2.11. The predicted octanol–water partition coefficient (Wildman–Crippen LogP) is 2.76. The van der Waals surface area contributed by atoms with Gasteiger partial charge in [0.15, 0.2) is 0 Å². The van der Waals surface area contributed by atoms with E-state index in [-0.39, 0.29) is 11.7 Å². The third-order valence-corrected chi connectivity index (χ3v) is 6.49. The lowest BCUT2D eigenvalue weighted by Crippen LogP contribution is -2.26. The molecule has 0 radical (unpaired) electrons. The van der Waals surface area contributed by atoms with E-state index in [1.54, 1.807) is 37.6 Å². The Labute approximate surface area is 192 Å². The molecule has 0 aliphatic heterocycles. The first-order valence-electron chi connectivity index (χ1n) is 10.5. The number of hydrogen-bond donors (Lipinski definition) is 2. The third kappa shape index (κ3) is 5.01. The van der Waals surface area contributed by atoms with E-state index >= 15 is 0 Å². The molecule has 33 heavy (non-hydrogen) atoms. The molecule has 0 saturated heterocycles. The Morgan fingerprint density at radius 2 is 1.91 bits per heavy atom. The number of carbonyl (C=O) groups excluding carboxylic acids is 1. The molecule has 0 fully saturated rings. The van der Waals surface area contributed by atoms with Crippen molar-refractivity contribution in [1.29, 1.82) is 0 Å². The van der Waals surface area contributed by atoms with Crippen molar-refractivity contribution in [3.63, 3.8) is 0 Å². The molecule has 2 aromatic heterocycles. The molecule has 0 atom stereocenters. The molecule has 0 unspecified atom stereocenters. The van der Waals surface area contributed by atoms with Crippen molar-refractivity contribution in [1.82, 2.24) is 24.8 Å². The molecule has 2 aromatic carbocycles. The summed E-state index contributed by atoms with van der Waals surface area (Å²) in [6, 6.07) is 12.8. The van der Waals surface area contributed by atoms with Crippen molar-refractivity contribution in [3.05, 3.63) is 72.3 Å².